The first-order valence-corrected chi connectivity index (χ1v) is 4.96. The van der Waals surface area contributed by atoms with Crippen LogP contribution in [0.5, 0.6) is 0 Å². The zero-order valence-electron chi connectivity index (χ0n) is 7.00. The van der Waals surface area contributed by atoms with Crippen LogP contribution in [0.15, 0.2) is 0 Å². The van der Waals surface area contributed by atoms with E-state index in [0.29, 0.717) is 0 Å². The maximum Gasteiger partial charge on any atom is 0.0275 e. The molecule has 4 aliphatic rings. The SMILES string of the molecule is C1CC2C3CCN(CC3)N2C1. The van der Waals surface area contributed by atoms with Crippen LogP contribution in [-0.4, -0.2) is 35.7 Å². The minimum Gasteiger partial charge on any atom is -0.241 e. The first-order valence-electron chi connectivity index (χ1n) is 4.96. The van der Waals surface area contributed by atoms with E-state index in [-0.39, 0.29) is 0 Å². The summed E-state index contributed by atoms with van der Waals surface area (Å²) in [5, 5.41) is 5.25. The van der Waals surface area contributed by atoms with Crippen LogP contribution in [0.25, 0.3) is 0 Å². The van der Waals surface area contributed by atoms with Gasteiger partial charge in [-0.05, 0) is 31.6 Å². The van der Waals surface area contributed by atoms with Crippen molar-refractivity contribution in [3.05, 3.63) is 0 Å². The maximum atomic E-state index is 2.65. The van der Waals surface area contributed by atoms with Crippen LogP contribution in [0.4, 0.5) is 0 Å². The number of nitrogens with zero attached hydrogens (tertiary/aromatic N) is 2. The zero-order chi connectivity index (χ0) is 7.26. The van der Waals surface area contributed by atoms with Crippen molar-refractivity contribution >= 4 is 0 Å². The highest BCUT2D eigenvalue weighted by Gasteiger charge is 2.42. The molecule has 0 aromatic carbocycles. The second-order valence-corrected chi connectivity index (χ2v) is 4.16. The largest absolute Gasteiger partial charge is 0.241 e. The van der Waals surface area contributed by atoms with Gasteiger partial charge in [0, 0.05) is 25.7 Å². The molecule has 1 unspecified atom stereocenters. The molecule has 4 rings (SSSR count). The first kappa shape index (κ1) is 6.44. The quantitative estimate of drug-likeness (QED) is 0.512. The average Bonchev–Trinajstić information content (AvgIpc) is 2.55. The number of fused-ring (bicyclic) bond motifs is 2. The highest BCUT2D eigenvalue weighted by Crippen LogP contribution is 2.38. The maximum absolute atomic E-state index is 2.65. The van der Waals surface area contributed by atoms with Crippen molar-refractivity contribution in [2.24, 2.45) is 5.92 Å². The monoisotopic (exact) mass is 152 g/mol. The van der Waals surface area contributed by atoms with Gasteiger partial charge in [0.25, 0.3) is 0 Å². The van der Waals surface area contributed by atoms with Crippen LogP contribution < -0.4 is 0 Å². The molecule has 0 aromatic heterocycles. The number of hydrogen-bond acceptors (Lipinski definition) is 2. The van der Waals surface area contributed by atoms with E-state index >= 15 is 0 Å². The van der Waals surface area contributed by atoms with Crippen molar-refractivity contribution in [3.8, 4) is 0 Å². The Balaban J connectivity index is 1.89. The van der Waals surface area contributed by atoms with Gasteiger partial charge in [-0.3, -0.25) is 0 Å². The van der Waals surface area contributed by atoms with Crippen molar-refractivity contribution in [2.75, 3.05) is 19.6 Å². The fourth-order valence-corrected chi connectivity index (χ4v) is 3.13. The zero-order valence-corrected chi connectivity index (χ0v) is 7.00. The Morgan fingerprint density at radius 1 is 0.909 bits per heavy atom. The normalized spacial score (nSPS) is 49.6. The van der Waals surface area contributed by atoms with Crippen molar-refractivity contribution in [2.45, 2.75) is 31.7 Å². The molecule has 4 fully saturated rings. The predicted molar refractivity (Wildman–Crippen MR) is 44.0 cm³/mol. The van der Waals surface area contributed by atoms with Gasteiger partial charge in [-0.25, -0.2) is 10.0 Å². The molecule has 0 amide bonds. The fourth-order valence-electron chi connectivity index (χ4n) is 3.13. The van der Waals surface area contributed by atoms with Gasteiger partial charge in [0.1, 0.15) is 0 Å². The standard InChI is InChI=1S/C9H16N2/c1-2-9-8-3-6-10(7-4-8)11(9)5-1/h8-9H,1-7H2. The van der Waals surface area contributed by atoms with Gasteiger partial charge in [0.05, 0.1) is 0 Å². The average molecular weight is 152 g/mol. The molecule has 4 heterocycles. The van der Waals surface area contributed by atoms with Gasteiger partial charge < -0.3 is 0 Å². The van der Waals surface area contributed by atoms with Gasteiger partial charge in [-0.2, -0.15) is 0 Å². The minimum atomic E-state index is 0.956. The molecule has 0 aliphatic carbocycles. The van der Waals surface area contributed by atoms with Crippen LogP contribution in [0.1, 0.15) is 25.7 Å². The van der Waals surface area contributed by atoms with Gasteiger partial charge in [0.15, 0.2) is 0 Å². The molecular weight excluding hydrogens is 136 g/mol. The Morgan fingerprint density at radius 2 is 1.73 bits per heavy atom. The van der Waals surface area contributed by atoms with E-state index in [9.17, 15) is 0 Å². The summed E-state index contributed by atoms with van der Waals surface area (Å²) < 4.78 is 0. The molecular formula is C9H16N2. The van der Waals surface area contributed by atoms with E-state index in [4.69, 9.17) is 0 Å². The molecule has 0 aromatic rings. The third-order valence-corrected chi connectivity index (χ3v) is 3.69. The summed E-state index contributed by atoms with van der Waals surface area (Å²) in [7, 11) is 0. The fraction of sp³-hybridized carbons (Fsp3) is 1.00. The lowest BCUT2D eigenvalue weighted by atomic mass is 9.86. The lowest BCUT2D eigenvalue weighted by Crippen LogP contribution is -2.58. The molecule has 4 saturated heterocycles. The van der Waals surface area contributed by atoms with Crippen molar-refractivity contribution in [3.63, 3.8) is 0 Å². The number of rotatable bonds is 0. The Morgan fingerprint density at radius 3 is 2.45 bits per heavy atom. The number of piperidine rings is 1. The smallest absolute Gasteiger partial charge is 0.0275 e. The molecule has 0 radical (unpaired) electrons. The summed E-state index contributed by atoms with van der Waals surface area (Å²) in [6, 6.07) is 0.956. The van der Waals surface area contributed by atoms with Crippen LogP contribution in [0, 0.1) is 5.92 Å². The molecule has 0 saturated carbocycles. The second kappa shape index (κ2) is 2.20. The van der Waals surface area contributed by atoms with E-state index in [1.807, 2.05) is 0 Å². The van der Waals surface area contributed by atoms with Crippen LogP contribution >= 0.6 is 0 Å². The van der Waals surface area contributed by atoms with Gasteiger partial charge in [0.2, 0.25) is 0 Å². The van der Waals surface area contributed by atoms with E-state index in [0.717, 1.165) is 12.0 Å². The molecule has 0 N–H and O–H groups in total. The molecule has 4 aliphatic heterocycles. The molecule has 2 nitrogen and oxygen atoms in total. The van der Waals surface area contributed by atoms with E-state index < -0.39 is 0 Å². The molecule has 62 valence electrons. The Bertz CT molecular complexity index is 143. The van der Waals surface area contributed by atoms with Gasteiger partial charge in [-0.1, -0.05) is 0 Å². The topological polar surface area (TPSA) is 6.48 Å². The highest BCUT2D eigenvalue weighted by molar-refractivity contribution is 4.92. The number of hydrogen-bond donors (Lipinski definition) is 0. The van der Waals surface area contributed by atoms with Crippen molar-refractivity contribution in [1.29, 1.82) is 0 Å². The Kier molecular flexibility index (Phi) is 1.29. The van der Waals surface area contributed by atoms with Gasteiger partial charge >= 0.3 is 0 Å². The second-order valence-electron chi connectivity index (χ2n) is 4.16. The number of hydrazine groups is 1. The molecule has 0 spiro atoms. The van der Waals surface area contributed by atoms with Crippen molar-refractivity contribution < 1.29 is 0 Å². The van der Waals surface area contributed by atoms with E-state index in [2.05, 4.69) is 10.0 Å². The van der Waals surface area contributed by atoms with Gasteiger partial charge in [-0.15, -0.1) is 0 Å². The molecule has 2 heteroatoms. The highest BCUT2D eigenvalue weighted by atomic mass is 15.7. The van der Waals surface area contributed by atoms with Crippen molar-refractivity contribution in [1.82, 2.24) is 10.0 Å². The third kappa shape index (κ3) is 0.798. The lowest BCUT2D eigenvalue weighted by Gasteiger charge is -2.50. The molecule has 1 atom stereocenters. The van der Waals surface area contributed by atoms with Crippen LogP contribution in [0.2, 0.25) is 0 Å². The summed E-state index contributed by atoms with van der Waals surface area (Å²) in [5.41, 5.74) is 0. The molecule has 2 bridgehead atoms. The van der Waals surface area contributed by atoms with E-state index in [1.165, 1.54) is 45.3 Å². The Hall–Kier alpha value is -0.0800. The van der Waals surface area contributed by atoms with Crippen LogP contribution in [-0.2, 0) is 0 Å². The Labute approximate surface area is 68.1 Å². The summed E-state index contributed by atoms with van der Waals surface area (Å²) in [6.07, 6.45) is 5.86. The molecule has 11 heavy (non-hydrogen) atoms. The predicted octanol–water partition coefficient (Wildman–Crippen LogP) is 1.09. The first-order chi connectivity index (χ1) is 5.45. The minimum absolute atomic E-state index is 0.956. The third-order valence-electron chi connectivity index (χ3n) is 3.69. The lowest BCUT2D eigenvalue weighted by molar-refractivity contribution is -0.130. The summed E-state index contributed by atoms with van der Waals surface area (Å²) >= 11 is 0. The van der Waals surface area contributed by atoms with Crippen LogP contribution in [0.3, 0.4) is 0 Å². The summed E-state index contributed by atoms with van der Waals surface area (Å²) in [5.74, 6) is 1.06. The summed E-state index contributed by atoms with van der Waals surface area (Å²) in [6.45, 7) is 4.05. The van der Waals surface area contributed by atoms with E-state index in [1.54, 1.807) is 0 Å². The summed E-state index contributed by atoms with van der Waals surface area (Å²) in [4.78, 5) is 0.